The topological polar surface area (TPSA) is 29.9 Å². The number of aryl methyl sites for hydroxylation is 1. The van der Waals surface area contributed by atoms with Crippen molar-refractivity contribution in [3.05, 3.63) is 18.5 Å². The van der Waals surface area contributed by atoms with Gasteiger partial charge < -0.3 is 0 Å². The van der Waals surface area contributed by atoms with Crippen molar-refractivity contribution in [1.29, 1.82) is 0 Å². The number of halogens is 1. The van der Waals surface area contributed by atoms with Crippen LogP contribution in [0.2, 0.25) is 0 Å². The van der Waals surface area contributed by atoms with E-state index in [1.807, 2.05) is 16.9 Å². The minimum absolute atomic E-state index is 0.821. The third kappa shape index (κ3) is 2.37. The highest BCUT2D eigenvalue weighted by molar-refractivity contribution is 6.13. The van der Waals surface area contributed by atoms with Gasteiger partial charge in [-0.2, -0.15) is 5.10 Å². The Balaban J connectivity index is 2.15. The van der Waals surface area contributed by atoms with Crippen molar-refractivity contribution in [1.82, 2.24) is 14.6 Å². The maximum Gasteiger partial charge on any atom is 0.0489 e. The molecule has 0 aliphatic carbocycles. The fourth-order valence-corrected chi connectivity index (χ4v) is 0.874. The van der Waals surface area contributed by atoms with Gasteiger partial charge in [-0.15, -0.1) is 0 Å². The third-order valence-electron chi connectivity index (χ3n) is 1.22. The Labute approximate surface area is 65.1 Å². The molecule has 0 radical (unpaired) electrons. The fraction of sp³-hybridized carbons (Fsp3) is 0.500. The molecule has 0 saturated heterocycles. The lowest BCUT2D eigenvalue weighted by atomic mass is 10.4. The second kappa shape index (κ2) is 4.30. The zero-order chi connectivity index (χ0) is 7.23. The molecule has 0 bridgehead atoms. The van der Waals surface area contributed by atoms with E-state index in [2.05, 4.69) is 9.93 Å². The van der Waals surface area contributed by atoms with E-state index < -0.39 is 0 Å². The van der Waals surface area contributed by atoms with Crippen LogP contribution >= 0.6 is 11.8 Å². The Morgan fingerprint density at radius 1 is 1.60 bits per heavy atom. The monoisotopic (exact) mass is 159 g/mol. The minimum Gasteiger partial charge on any atom is -0.273 e. The maximum atomic E-state index is 5.26. The fourth-order valence-electron chi connectivity index (χ4n) is 0.741. The van der Waals surface area contributed by atoms with E-state index in [-0.39, 0.29) is 0 Å². The zero-order valence-corrected chi connectivity index (χ0v) is 6.38. The average Bonchev–Trinajstić information content (AvgIpc) is 2.41. The first-order valence-corrected chi connectivity index (χ1v) is 3.62. The summed E-state index contributed by atoms with van der Waals surface area (Å²) in [6, 6.07) is 1.91. The van der Waals surface area contributed by atoms with Crippen LogP contribution < -0.4 is 4.84 Å². The molecule has 0 aliphatic heterocycles. The summed E-state index contributed by atoms with van der Waals surface area (Å²) >= 11 is 5.26. The number of rotatable bonds is 4. The summed E-state index contributed by atoms with van der Waals surface area (Å²) in [4.78, 5) is 2.56. The van der Waals surface area contributed by atoms with Crippen molar-refractivity contribution in [2.24, 2.45) is 0 Å². The summed E-state index contributed by atoms with van der Waals surface area (Å²) < 4.78 is 1.88. The van der Waals surface area contributed by atoms with Crippen molar-refractivity contribution >= 4 is 11.8 Å². The van der Waals surface area contributed by atoms with E-state index in [1.54, 1.807) is 6.20 Å². The Bertz CT molecular complexity index is 162. The van der Waals surface area contributed by atoms with Gasteiger partial charge in [0.2, 0.25) is 0 Å². The summed E-state index contributed by atoms with van der Waals surface area (Å²) in [5, 5.41) is 4.03. The van der Waals surface area contributed by atoms with Gasteiger partial charge >= 0.3 is 0 Å². The molecule has 1 N–H and O–H groups in total. The molecule has 1 heterocycles. The number of aromatic nitrogens is 2. The summed E-state index contributed by atoms with van der Waals surface area (Å²) in [7, 11) is 0. The quantitative estimate of drug-likeness (QED) is 0.525. The van der Waals surface area contributed by atoms with E-state index >= 15 is 0 Å². The predicted octanol–water partition coefficient (Wildman–Crippen LogP) is 1.02. The van der Waals surface area contributed by atoms with Crippen molar-refractivity contribution in [2.45, 2.75) is 13.0 Å². The normalized spacial score (nSPS) is 10.1. The van der Waals surface area contributed by atoms with Crippen LogP contribution in [0, 0.1) is 0 Å². The van der Waals surface area contributed by atoms with Gasteiger partial charge in [-0.05, 0) is 24.3 Å². The van der Waals surface area contributed by atoms with Crippen molar-refractivity contribution in [3.8, 4) is 0 Å². The van der Waals surface area contributed by atoms with Crippen LogP contribution in [0.5, 0.6) is 0 Å². The first-order valence-electron chi connectivity index (χ1n) is 3.24. The Kier molecular flexibility index (Phi) is 3.26. The standard InChI is InChI=1S/C6H10ClN3/c7-8-3-1-5-10-6-2-4-9-10/h2,4,6,8H,1,3,5H2. The number of hydrogen-bond acceptors (Lipinski definition) is 2. The molecular weight excluding hydrogens is 150 g/mol. The Morgan fingerprint density at radius 3 is 3.10 bits per heavy atom. The molecule has 0 amide bonds. The van der Waals surface area contributed by atoms with E-state index in [4.69, 9.17) is 11.8 Å². The predicted molar refractivity (Wildman–Crippen MR) is 40.7 cm³/mol. The van der Waals surface area contributed by atoms with E-state index in [0.29, 0.717) is 0 Å². The Morgan fingerprint density at radius 2 is 2.50 bits per heavy atom. The van der Waals surface area contributed by atoms with Gasteiger partial charge in [-0.1, -0.05) is 0 Å². The first-order chi connectivity index (χ1) is 4.93. The lowest BCUT2D eigenvalue weighted by Gasteiger charge is -1.98. The number of nitrogens with zero attached hydrogens (tertiary/aromatic N) is 2. The highest BCUT2D eigenvalue weighted by Gasteiger charge is 1.88. The molecule has 1 rings (SSSR count). The lowest BCUT2D eigenvalue weighted by molar-refractivity contribution is 0.576. The highest BCUT2D eigenvalue weighted by Crippen LogP contribution is 1.87. The van der Waals surface area contributed by atoms with Crippen LogP contribution in [-0.4, -0.2) is 16.3 Å². The van der Waals surface area contributed by atoms with E-state index in [0.717, 1.165) is 19.5 Å². The number of nitrogens with one attached hydrogen (secondary N) is 1. The molecule has 0 aromatic carbocycles. The second-order valence-electron chi connectivity index (χ2n) is 2.01. The van der Waals surface area contributed by atoms with Crippen molar-refractivity contribution in [2.75, 3.05) is 6.54 Å². The molecule has 3 nitrogen and oxygen atoms in total. The van der Waals surface area contributed by atoms with Crippen LogP contribution in [0.15, 0.2) is 18.5 Å². The molecule has 0 unspecified atom stereocenters. The van der Waals surface area contributed by atoms with Crippen LogP contribution in [0.25, 0.3) is 0 Å². The molecular formula is C6H10ClN3. The second-order valence-corrected chi connectivity index (χ2v) is 2.27. The van der Waals surface area contributed by atoms with Gasteiger partial charge in [0.15, 0.2) is 0 Å². The molecule has 4 heteroatoms. The molecule has 0 spiro atoms. The molecule has 10 heavy (non-hydrogen) atoms. The van der Waals surface area contributed by atoms with E-state index in [1.165, 1.54) is 0 Å². The van der Waals surface area contributed by atoms with Gasteiger partial charge in [0.25, 0.3) is 0 Å². The van der Waals surface area contributed by atoms with Gasteiger partial charge in [0.05, 0.1) is 0 Å². The SMILES string of the molecule is ClNCCCn1cccn1. The molecule has 0 fully saturated rings. The summed E-state index contributed by atoms with van der Waals surface area (Å²) in [6.07, 6.45) is 4.72. The van der Waals surface area contributed by atoms with Crippen LogP contribution in [-0.2, 0) is 6.54 Å². The zero-order valence-electron chi connectivity index (χ0n) is 5.63. The largest absolute Gasteiger partial charge is 0.273 e. The number of hydrogen-bond donors (Lipinski definition) is 1. The molecule has 1 aromatic heterocycles. The van der Waals surface area contributed by atoms with Crippen molar-refractivity contribution in [3.63, 3.8) is 0 Å². The van der Waals surface area contributed by atoms with Gasteiger partial charge in [0, 0.05) is 25.5 Å². The first kappa shape index (κ1) is 7.57. The smallest absolute Gasteiger partial charge is 0.0489 e. The van der Waals surface area contributed by atoms with Gasteiger partial charge in [-0.25, -0.2) is 4.84 Å². The summed E-state index contributed by atoms with van der Waals surface area (Å²) in [5.74, 6) is 0. The molecule has 0 saturated carbocycles. The molecule has 0 aliphatic rings. The summed E-state index contributed by atoms with van der Waals surface area (Å²) in [5.41, 5.74) is 0. The minimum atomic E-state index is 0.821. The Hall–Kier alpha value is -0.540. The van der Waals surface area contributed by atoms with E-state index in [9.17, 15) is 0 Å². The van der Waals surface area contributed by atoms with Crippen LogP contribution in [0.3, 0.4) is 0 Å². The van der Waals surface area contributed by atoms with Crippen LogP contribution in [0.4, 0.5) is 0 Å². The molecule has 56 valence electrons. The highest BCUT2D eigenvalue weighted by atomic mass is 35.5. The van der Waals surface area contributed by atoms with Gasteiger partial charge in [0.1, 0.15) is 0 Å². The van der Waals surface area contributed by atoms with Crippen LogP contribution in [0.1, 0.15) is 6.42 Å². The van der Waals surface area contributed by atoms with Gasteiger partial charge in [-0.3, -0.25) is 4.68 Å². The summed E-state index contributed by atoms with van der Waals surface area (Å²) in [6.45, 7) is 1.74. The third-order valence-corrected chi connectivity index (χ3v) is 1.41. The van der Waals surface area contributed by atoms with Crippen molar-refractivity contribution < 1.29 is 0 Å². The molecule has 0 atom stereocenters. The lowest BCUT2D eigenvalue weighted by Crippen LogP contribution is -2.06. The average molecular weight is 160 g/mol. The maximum absolute atomic E-state index is 5.26. The molecule has 1 aromatic rings.